The minimum absolute atomic E-state index is 0.0428. The summed E-state index contributed by atoms with van der Waals surface area (Å²) < 4.78 is 0. The first-order valence-electron chi connectivity index (χ1n) is 6.10. The van der Waals surface area contributed by atoms with E-state index < -0.39 is 0 Å². The first-order valence-corrected chi connectivity index (χ1v) is 7.22. The van der Waals surface area contributed by atoms with E-state index in [1.165, 1.54) is 16.8 Å². The Hall–Kier alpha value is -0.630. The largest absolute Gasteiger partial charge is 0.281 e. The first kappa shape index (κ1) is 12.8. The summed E-state index contributed by atoms with van der Waals surface area (Å²) in [4.78, 5) is 4.99. The molecule has 1 aromatic carbocycles. The van der Waals surface area contributed by atoms with Crippen LogP contribution in [0.15, 0.2) is 29.3 Å². The van der Waals surface area contributed by atoms with Crippen LogP contribution in [-0.2, 0) is 0 Å². The van der Waals surface area contributed by atoms with Gasteiger partial charge in [-0.3, -0.25) is 4.99 Å². The lowest BCUT2D eigenvalue weighted by atomic mass is 9.78. The minimum atomic E-state index is 0.0428. The molecule has 0 bridgehead atoms. The summed E-state index contributed by atoms with van der Waals surface area (Å²) in [5, 5.41) is 0.929. The van der Waals surface area contributed by atoms with Crippen molar-refractivity contribution in [3.05, 3.63) is 35.4 Å². The number of benzene rings is 1. The molecule has 0 amide bonds. The molecule has 17 heavy (non-hydrogen) atoms. The monoisotopic (exact) mass is 293 g/mol. The average Bonchev–Trinajstić information content (AvgIpc) is 2.50. The fourth-order valence-electron chi connectivity index (χ4n) is 2.84. The van der Waals surface area contributed by atoms with E-state index in [1.54, 1.807) is 0 Å². The van der Waals surface area contributed by atoms with Gasteiger partial charge in [0.1, 0.15) is 0 Å². The molecule has 0 fully saturated rings. The summed E-state index contributed by atoms with van der Waals surface area (Å²) >= 11 is 3.60. The molecule has 1 unspecified atom stereocenters. The van der Waals surface area contributed by atoms with E-state index in [4.69, 9.17) is 4.99 Å². The molecular weight excluding hydrogens is 274 g/mol. The highest BCUT2D eigenvalue weighted by molar-refractivity contribution is 9.09. The highest BCUT2D eigenvalue weighted by Gasteiger charge is 2.42. The summed E-state index contributed by atoms with van der Waals surface area (Å²) in [6.07, 6.45) is 1.11. The zero-order valence-corrected chi connectivity index (χ0v) is 12.6. The predicted molar refractivity (Wildman–Crippen MR) is 78.3 cm³/mol. The van der Waals surface area contributed by atoms with Gasteiger partial charge in [0.05, 0.1) is 5.54 Å². The van der Waals surface area contributed by atoms with Gasteiger partial charge in [0.15, 0.2) is 0 Å². The maximum atomic E-state index is 4.99. The Kier molecular flexibility index (Phi) is 3.19. The summed E-state index contributed by atoms with van der Waals surface area (Å²) in [7, 11) is 0. The Morgan fingerprint density at radius 1 is 1.24 bits per heavy atom. The van der Waals surface area contributed by atoms with Gasteiger partial charge in [-0.25, -0.2) is 0 Å². The second-order valence-electron chi connectivity index (χ2n) is 5.97. The Morgan fingerprint density at radius 2 is 1.88 bits per heavy atom. The van der Waals surface area contributed by atoms with Crippen LogP contribution in [-0.4, -0.2) is 16.6 Å². The van der Waals surface area contributed by atoms with Crippen molar-refractivity contribution in [2.24, 2.45) is 10.4 Å². The van der Waals surface area contributed by atoms with Crippen LogP contribution in [0.25, 0.3) is 0 Å². The second-order valence-corrected chi connectivity index (χ2v) is 6.53. The van der Waals surface area contributed by atoms with E-state index in [-0.39, 0.29) is 11.0 Å². The molecule has 0 aromatic heterocycles. The summed E-state index contributed by atoms with van der Waals surface area (Å²) in [5.74, 6) is 0. The SMILES string of the molecule is Cc1ccccc1C1=NC(C)(CBr)CC1(C)C. The van der Waals surface area contributed by atoms with E-state index in [0.29, 0.717) is 0 Å². The molecule has 2 heteroatoms. The number of hydrogen-bond acceptors (Lipinski definition) is 1. The Bertz CT molecular complexity index is 462. The lowest BCUT2D eigenvalue weighted by Crippen LogP contribution is -2.26. The molecule has 1 aliphatic rings. The maximum absolute atomic E-state index is 4.99. The Balaban J connectivity index is 2.51. The van der Waals surface area contributed by atoms with Crippen molar-refractivity contribution in [1.82, 2.24) is 0 Å². The Morgan fingerprint density at radius 3 is 2.41 bits per heavy atom. The van der Waals surface area contributed by atoms with Gasteiger partial charge in [0, 0.05) is 16.5 Å². The van der Waals surface area contributed by atoms with E-state index in [2.05, 4.69) is 67.9 Å². The third kappa shape index (κ3) is 2.33. The Labute approximate surface area is 112 Å². The second kappa shape index (κ2) is 4.24. The van der Waals surface area contributed by atoms with Gasteiger partial charge in [0.2, 0.25) is 0 Å². The van der Waals surface area contributed by atoms with Gasteiger partial charge < -0.3 is 0 Å². The van der Waals surface area contributed by atoms with Gasteiger partial charge in [-0.1, -0.05) is 54.0 Å². The van der Waals surface area contributed by atoms with Crippen LogP contribution in [0, 0.1) is 12.3 Å². The van der Waals surface area contributed by atoms with Gasteiger partial charge in [0.25, 0.3) is 0 Å². The van der Waals surface area contributed by atoms with Crippen molar-refractivity contribution in [3.8, 4) is 0 Å². The van der Waals surface area contributed by atoms with Gasteiger partial charge in [-0.2, -0.15) is 0 Å². The molecule has 1 atom stereocenters. The summed E-state index contributed by atoms with van der Waals surface area (Å²) in [6, 6.07) is 8.55. The molecule has 1 aliphatic heterocycles. The lowest BCUT2D eigenvalue weighted by Gasteiger charge is -2.24. The standard InChI is InChI=1S/C15H20BrN/c1-11-7-5-6-8-12(11)13-14(2,3)9-15(4,10-16)17-13/h5-8H,9-10H2,1-4H3. The zero-order chi connectivity index (χ0) is 12.7. The van der Waals surface area contributed by atoms with Crippen molar-refractivity contribution in [2.75, 3.05) is 5.33 Å². The van der Waals surface area contributed by atoms with Gasteiger partial charge in [-0.05, 0) is 31.4 Å². The fraction of sp³-hybridized carbons (Fsp3) is 0.533. The molecule has 0 spiro atoms. The molecule has 1 aromatic rings. The predicted octanol–water partition coefficient (Wildman–Crippen LogP) is 4.37. The van der Waals surface area contributed by atoms with E-state index in [0.717, 1.165) is 11.8 Å². The highest BCUT2D eigenvalue weighted by atomic mass is 79.9. The number of aryl methyl sites for hydroxylation is 1. The normalized spacial score (nSPS) is 27.0. The quantitative estimate of drug-likeness (QED) is 0.718. The molecule has 2 rings (SSSR count). The lowest BCUT2D eigenvalue weighted by molar-refractivity contribution is 0.398. The molecule has 1 nitrogen and oxygen atoms in total. The van der Waals surface area contributed by atoms with E-state index >= 15 is 0 Å². The fourth-order valence-corrected chi connectivity index (χ4v) is 3.16. The van der Waals surface area contributed by atoms with Crippen molar-refractivity contribution in [2.45, 2.75) is 39.7 Å². The maximum Gasteiger partial charge on any atom is 0.0689 e. The molecular formula is C15H20BrN. The molecule has 0 saturated heterocycles. The number of halogens is 1. The molecule has 0 radical (unpaired) electrons. The molecule has 0 aliphatic carbocycles. The highest BCUT2D eigenvalue weighted by Crippen LogP contribution is 2.42. The topological polar surface area (TPSA) is 12.4 Å². The van der Waals surface area contributed by atoms with Crippen LogP contribution in [0.1, 0.15) is 38.3 Å². The van der Waals surface area contributed by atoms with Crippen LogP contribution in [0.4, 0.5) is 0 Å². The number of rotatable bonds is 2. The number of alkyl halides is 1. The van der Waals surface area contributed by atoms with Crippen LogP contribution in [0.5, 0.6) is 0 Å². The first-order chi connectivity index (χ1) is 7.88. The third-order valence-corrected chi connectivity index (χ3v) is 4.74. The average molecular weight is 294 g/mol. The van der Waals surface area contributed by atoms with Gasteiger partial charge >= 0.3 is 0 Å². The van der Waals surface area contributed by atoms with E-state index in [9.17, 15) is 0 Å². The molecule has 0 saturated carbocycles. The number of nitrogens with zero attached hydrogens (tertiary/aromatic N) is 1. The summed E-state index contributed by atoms with van der Waals surface area (Å²) in [6.45, 7) is 8.99. The summed E-state index contributed by atoms with van der Waals surface area (Å²) in [5.41, 5.74) is 4.09. The molecule has 1 heterocycles. The van der Waals surface area contributed by atoms with Crippen LogP contribution < -0.4 is 0 Å². The van der Waals surface area contributed by atoms with Crippen molar-refractivity contribution in [3.63, 3.8) is 0 Å². The smallest absolute Gasteiger partial charge is 0.0689 e. The van der Waals surface area contributed by atoms with Crippen molar-refractivity contribution < 1.29 is 0 Å². The minimum Gasteiger partial charge on any atom is -0.281 e. The number of aliphatic imine (C=N–C) groups is 1. The third-order valence-electron chi connectivity index (χ3n) is 3.53. The van der Waals surface area contributed by atoms with E-state index in [1.807, 2.05) is 0 Å². The van der Waals surface area contributed by atoms with Crippen LogP contribution >= 0.6 is 15.9 Å². The van der Waals surface area contributed by atoms with Crippen LogP contribution in [0.2, 0.25) is 0 Å². The number of hydrogen-bond donors (Lipinski definition) is 0. The van der Waals surface area contributed by atoms with Crippen molar-refractivity contribution >= 4 is 21.6 Å². The zero-order valence-electron chi connectivity index (χ0n) is 11.0. The molecule has 0 N–H and O–H groups in total. The van der Waals surface area contributed by atoms with Gasteiger partial charge in [-0.15, -0.1) is 0 Å². The van der Waals surface area contributed by atoms with Crippen LogP contribution in [0.3, 0.4) is 0 Å². The molecule has 92 valence electrons. The van der Waals surface area contributed by atoms with Crippen molar-refractivity contribution in [1.29, 1.82) is 0 Å².